The molecule has 0 fully saturated rings. The molecule has 2 unspecified atom stereocenters. The van der Waals surface area contributed by atoms with Crippen molar-refractivity contribution in [2.24, 2.45) is 5.92 Å². The van der Waals surface area contributed by atoms with Gasteiger partial charge in [0.1, 0.15) is 0 Å². The minimum atomic E-state index is -0.116. The van der Waals surface area contributed by atoms with Gasteiger partial charge in [-0.1, -0.05) is 39.2 Å². The van der Waals surface area contributed by atoms with Gasteiger partial charge >= 0.3 is 0 Å². The molecule has 0 aliphatic carbocycles. The summed E-state index contributed by atoms with van der Waals surface area (Å²) in [6.07, 6.45) is 8.32. The highest BCUT2D eigenvalue weighted by Crippen LogP contribution is 2.20. The first kappa shape index (κ1) is 12.7. The number of aliphatic hydroxyl groups excluding tert-OH is 1. The standard InChI is InChI=1S/C12H24O/c1-4-7-9-11(6-3)12(13)10-8-5-2/h5,11-13H,2,4,6-10H2,1,3H3. The Hall–Kier alpha value is -0.300. The number of allylic oxidation sites excluding steroid dienone is 1. The number of rotatable bonds is 8. The first-order valence-electron chi connectivity index (χ1n) is 5.55. The Morgan fingerprint density at radius 1 is 1.31 bits per heavy atom. The van der Waals surface area contributed by atoms with Crippen LogP contribution in [0.2, 0.25) is 0 Å². The highest BCUT2D eigenvalue weighted by atomic mass is 16.3. The van der Waals surface area contributed by atoms with Crippen LogP contribution in [0, 0.1) is 5.92 Å². The molecule has 0 aliphatic rings. The van der Waals surface area contributed by atoms with Gasteiger partial charge in [-0.15, -0.1) is 6.58 Å². The third-order valence-corrected chi connectivity index (χ3v) is 2.66. The largest absolute Gasteiger partial charge is 0.393 e. The Morgan fingerprint density at radius 3 is 2.46 bits per heavy atom. The summed E-state index contributed by atoms with van der Waals surface area (Å²) in [5.74, 6) is 0.500. The first-order chi connectivity index (χ1) is 6.26. The van der Waals surface area contributed by atoms with E-state index in [4.69, 9.17) is 0 Å². The summed E-state index contributed by atoms with van der Waals surface area (Å²) in [6, 6.07) is 0. The summed E-state index contributed by atoms with van der Waals surface area (Å²) in [5, 5.41) is 9.82. The smallest absolute Gasteiger partial charge is 0.0571 e. The van der Waals surface area contributed by atoms with E-state index >= 15 is 0 Å². The lowest BCUT2D eigenvalue weighted by Crippen LogP contribution is -2.19. The van der Waals surface area contributed by atoms with E-state index in [1.807, 2.05) is 6.08 Å². The second kappa shape index (κ2) is 8.31. The van der Waals surface area contributed by atoms with Crippen molar-refractivity contribution < 1.29 is 5.11 Å². The van der Waals surface area contributed by atoms with E-state index in [2.05, 4.69) is 20.4 Å². The lowest BCUT2D eigenvalue weighted by atomic mass is 9.91. The molecular formula is C12H24O. The zero-order valence-electron chi connectivity index (χ0n) is 9.13. The van der Waals surface area contributed by atoms with Crippen LogP contribution in [0.1, 0.15) is 52.4 Å². The average Bonchev–Trinajstić information content (AvgIpc) is 2.16. The summed E-state index contributed by atoms with van der Waals surface area (Å²) in [6.45, 7) is 8.03. The van der Waals surface area contributed by atoms with Gasteiger partial charge in [0.15, 0.2) is 0 Å². The van der Waals surface area contributed by atoms with Crippen LogP contribution >= 0.6 is 0 Å². The Kier molecular flexibility index (Phi) is 8.11. The van der Waals surface area contributed by atoms with Crippen molar-refractivity contribution >= 4 is 0 Å². The lowest BCUT2D eigenvalue weighted by molar-refractivity contribution is 0.0912. The fourth-order valence-corrected chi connectivity index (χ4v) is 1.66. The van der Waals surface area contributed by atoms with E-state index in [0.717, 1.165) is 19.3 Å². The quantitative estimate of drug-likeness (QED) is 0.572. The third kappa shape index (κ3) is 5.87. The predicted molar refractivity (Wildman–Crippen MR) is 58.7 cm³/mol. The van der Waals surface area contributed by atoms with Crippen molar-refractivity contribution in [2.45, 2.75) is 58.5 Å². The molecular weight excluding hydrogens is 160 g/mol. The molecule has 1 nitrogen and oxygen atoms in total. The molecule has 0 bridgehead atoms. The van der Waals surface area contributed by atoms with Gasteiger partial charge in [0, 0.05) is 0 Å². The Morgan fingerprint density at radius 2 is 2.00 bits per heavy atom. The van der Waals surface area contributed by atoms with Crippen molar-refractivity contribution in [3.8, 4) is 0 Å². The second-order valence-electron chi connectivity index (χ2n) is 3.74. The molecule has 0 saturated heterocycles. The number of hydrogen-bond donors (Lipinski definition) is 1. The molecule has 0 spiro atoms. The molecule has 13 heavy (non-hydrogen) atoms. The van der Waals surface area contributed by atoms with E-state index in [0.29, 0.717) is 5.92 Å². The molecule has 0 heterocycles. The van der Waals surface area contributed by atoms with Crippen LogP contribution in [0.5, 0.6) is 0 Å². The highest BCUT2D eigenvalue weighted by Gasteiger charge is 2.15. The van der Waals surface area contributed by atoms with Gasteiger partial charge in [-0.3, -0.25) is 0 Å². The number of aliphatic hydroxyl groups is 1. The van der Waals surface area contributed by atoms with Gasteiger partial charge < -0.3 is 5.11 Å². The van der Waals surface area contributed by atoms with Crippen LogP contribution in [0.3, 0.4) is 0 Å². The molecule has 1 N–H and O–H groups in total. The van der Waals surface area contributed by atoms with Crippen LogP contribution in [0.15, 0.2) is 12.7 Å². The van der Waals surface area contributed by atoms with E-state index < -0.39 is 0 Å². The number of unbranched alkanes of at least 4 members (excludes halogenated alkanes) is 1. The van der Waals surface area contributed by atoms with Gasteiger partial charge in [-0.25, -0.2) is 0 Å². The molecule has 1 heteroatoms. The Bertz CT molecular complexity index is 120. The molecule has 0 aromatic rings. The van der Waals surface area contributed by atoms with Crippen LogP contribution in [-0.2, 0) is 0 Å². The molecule has 0 aliphatic heterocycles. The van der Waals surface area contributed by atoms with Crippen molar-refractivity contribution in [1.82, 2.24) is 0 Å². The normalized spacial score (nSPS) is 15.3. The molecule has 2 atom stereocenters. The summed E-state index contributed by atoms with van der Waals surface area (Å²) >= 11 is 0. The Labute approximate surface area is 82.9 Å². The fourth-order valence-electron chi connectivity index (χ4n) is 1.66. The van der Waals surface area contributed by atoms with Gasteiger partial charge in [-0.2, -0.15) is 0 Å². The summed E-state index contributed by atoms with van der Waals surface area (Å²) in [4.78, 5) is 0. The van der Waals surface area contributed by atoms with Crippen molar-refractivity contribution in [3.05, 3.63) is 12.7 Å². The van der Waals surface area contributed by atoms with Crippen molar-refractivity contribution in [2.75, 3.05) is 0 Å². The van der Waals surface area contributed by atoms with Gasteiger partial charge in [0.25, 0.3) is 0 Å². The Balaban J connectivity index is 3.69. The maximum atomic E-state index is 9.82. The zero-order chi connectivity index (χ0) is 10.1. The maximum Gasteiger partial charge on any atom is 0.0571 e. The molecule has 0 aromatic carbocycles. The fraction of sp³-hybridized carbons (Fsp3) is 0.833. The van der Waals surface area contributed by atoms with Crippen LogP contribution < -0.4 is 0 Å². The summed E-state index contributed by atoms with van der Waals surface area (Å²) in [5.41, 5.74) is 0. The third-order valence-electron chi connectivity index (χ3n) is 2.66. The van der Waals surface area contributed by atoms with Gasteiger partial charge in [0.05, 0.1) is 6.10 Å². The minimum Gasteiger partial charge on any atom is -0.393 e. The molecule has 0 aromatic heterocycles. The molecule has 0 rings (SSSR count). The van der Waals surface area contributed by atoms with E-state index in [9.17, 15) is 5.11 Å². The monoisotopic (exact) mass is 184 g/mol. The average molecular weight is 184 g/mol. The van der Waals surface area contributed by atoms with Crippen LogP contribution in [0.4, 0.5) is 0 Å². The highest BCUT2D eigenvalue weighted by molar-refractivity contribution is 4.73. The first-order valence-corrected chi connectivity index (χ1v) is 5.55. The van der Waals surface area contributed by atoms with E-state index in [-0.39, 0.29) is 6.10 Å². The molecule has 0 radical (unpaired) electrons. The topological polar surface area (TPSA) is 20.2 Å². The predicted octanol–water partition coefficient (Wildman–Crippen LogP) is 3.53. The lowest BCUT2D eigenvalue weighted by Gasteiger charge is -2.20. The van der Waals surface area contributed by atoms with Gasteiger partial charge in [0.2, 0.25) is 0 Å². The zero-order valence-corrected chi connectivity index (χ0v) is 9.13. The minimum absolute atomic E-state index is 0.116. The van der Waals surface area contributed by atoms with Gasteiger partial charge in [-0.05, 0) is 25.2 Å². The number of hydrogen-bond acceptors (Lipinski definition) is 1. The van der Waals surface area contributed by atoms with E-state index in [1.54, 1.807) is 0 Å². The van der Waals surface area contributed by atoms with Crippen LogP contribution in [0.25, 0.3) is 0 Å². The maximum absolute atomic E-state index is 9.82. The molecule has 0 saturated carbocycles. The van der Waals surface area contributed by atoms with Crippen LogP contribution in [-0.4, -0.2) is 11.2 Å². The summed E-state index contributed by atoms with van der Waals surface area (Å²) in [7, 11) is 0. The SMILES string of the molecule is C=CCCC(O)C(CC)CCCC. The summed E-state index contributed by atoms with van der Waals surface area (Å²) < 4.78 is 0. The molecule has 78 valence electrons. The second-order valence-corrected chi connectivity index (χ2v) is 3.74. The molecule has 0 amide bonds. The van der Waals surface area contributed by atoms with Crippen molar-refractivity contribution in [1.29, 1.82) is 0 Å². The van der Waals surface area contributed by atoms with Crippen molar-refractivity contribution in [3.63, 3.8) is 0 Å². The van der Waals surface area contributed by atoms with E-state index in [1.165, 1.54) is 19.3 Å².